The lowest BCUT2D eigenvalue weighted by Crippen LogP contribution is -2.41. The number of rotatable bonds is 2. The summed E-state index contributed by atoms with van der Waals surface area (Å²) < 4.78 is 36.4. The van der Waals surface area contributed by atoms with Gasteiger partial charge >= 0.3 is 0 Å². The molecule has 0 fully saturated rings. The fourth-order valence-corrected chi connectivity index (χ4v) is 1.62. The fraction of sp³-hybridized carbons (Fsp3) is 0.455. The minimum absolute atomic E-state index is 0.278. The second kappa shape index (κ2) is 3.90. The molecule has 0 spiro atoms. The number of nitrogens with two attached hydrogens (primary N) is 1. The third kappa shape index (κ3) is 1.71. The standard InChI is InChI=1S/C11H13F2NO2/c1-11(14,10(12)13)7-3-2-4-8-9(7)16-6-5-15-8/h2-4,10H,5-6,14H2,1H3. The summed E-state index contributed by atoms with van der Waals surface area (Å²) in [5.41, 5.74) is 4.17. The maximum atomic E-state index is 12.8. The number of para-hydroxylation sites is 1. The molecule has 5 heteroatoms. The van der Waals surface area contributed by atoms with Crippen LogP contribution < -0.4 is 15.2 Å². The van der Waals surface area contributed by atoms with Crippen LogP contribution in [0.1, 0.15) is 12.5 Å². The van der Waals surface area contributed by atoms with E-state index in [1.54, 1.807) is 18.2 Å². The lowest BCUT2D eigenvalue weighted by molar-refractivity contribution is 0.0587. The first kappa shape index (κ1) is 11.1. The Labute approximate surface area is 92.1 Å². The van der Waals surface area contributed by atoms with Crippen molar-refractivity contribution >= 4 is 0 Å². The third-order valence-electron chi connectivity index (χ3n) is 2.60. The summed E-state index contributed by atoms with van der Waals surface area (Å²) in [6.07, 6.45) is -2.66. The zero-order valence-electron chi connectivity index (χ0n) is 8.87. The van der Waals surface area contributed by atoms with Crippen LogP contribution in [-0.2, 0) is 5.54 Å². The van der Waals surface area contributed by atoms with Gasteiger partial charge in [0.25, 0.3) is 6.43 Å². The first-order valence-electron chi connectivity index (χ1n) is 4.99. The molecular weight excluding hydrogens is 216 g/mol. The summed E-state index contributed by atoms with van der Waals surface area (Å²) in [7, 11) is 0. The van der Waals surface area contributed by atoms with Crippen LogP contribution in [0.2, 0.25) is 0 Å². The second-order valence-corrected chi connectivity index (χ2v) is 3.91. The molecule has 0 radical (unpaired) electrons. The lowest BCUT2D eigenvalue weighted by Gasteiger charge is -2.29. The van der Waals surface area contributed by atoms with Gasteiger partial charge in [0.05, 0.1) is 0 Å². The lowest BCUT2D eigenvalue weighted by atomic mass is 9.92. The van der Waals surface area contributed by atoms with Crippen molar-refractivity contribution in [3.8, 4) is 11.5 Å². The van der Waals surface area contributed by atoms with Gasteiger partial charge in [0.1, 0.15) is 18.8 Å². The quantitative estimate of drug-likeness (QED) is 0.842. The molecule has 0 bridgehead atoms. The summed E-state index contributed by atoms with van der Waals surface area (Å²) in [5, 5.41) is 0. The predicted molar refractivity (Wildman–Crippen MR) is 55.0 cm³/mol. The Kier molecular flexibility index (Phi) is 2.71. The third-order valence-corrected chi connectivity index (χ3v) is 2.60. The van der Waals surface area contributed by atoms with Crippen molar-refractivity contribution in [1.29, 1.82) is 0 Å². The van der Waals surface area contributed by atoms with Crippen LogP contribution in [0.4, 0.5) is 8.78 Å². The molecule has 88 valence electrons. The minimum atomic E-state index is -2.66. The summed E-state index contributed by atoms with van der Waals surface area (Å²) in [4.78, 5) is 0. The van der Waals surface area contributed by atoms with E-state index in [9.17, 15) is 8.78 Å². The van der Waals surface area contributed by atoms with Gasteiger partial charge in [0, 0.05) is 5.56 Å². The average Bonchev–Trinajstić information content (AvgIpc) is 2.28. The number of benzene rings is 1. The Morgan fingerprint density at radius 3 is 2.69 bits per heavy atom. The molecule has 1 aliphatic rings. The fourth-order valence-electron chi connectivity index (χ4n) is 1.62. The van der Waals surface area contributed by atoms with Gasteiger partial charge < -0.3 is 15.2 Å². The van der Waals surface area contributed by atoms with Gasteiger partial charge in [0.15, 0.2) is 11.5 Å². The van der Waals surface area contributed by atoms with Crippen LogP contribution >= 0.6 is 0 Å². The highest BCUT2D eigenvalue weighted by Crippen LogP contribution is 2.40. The number of halogens is 2. The van der Waals surface area contributed by atoms with Crippen molar-refractivity contribution in [2.24, 2.45) is 5.73 Å². The molecular formula is C11H13F2NO2. The molecule has 2 rings (SSSR count). The molecule has 0 amide bonds. The van der Waals surface area contributed by atoms with Crippen molar-refractivity contribution in [3.63, 3.8) is 0 Å². The molecule has 1 aliphatic heterocycles. The molecule has 1 aromatic rings. The van der Waals surface area contributed by atoms with Crippen LogP contribution in [0.3, 0.4) is 0 Å². The molecule has 3 nitrogen and oxygen atoms in total. The predicted octanol–water partition coefficient (Wildman–Crippen LogP) is 1.90. The monoisotopic (exact) mass is 229 g/mol. The SMILES string of the molecule is CC(N)(c1cccc2c1OCCO2)C(F)F. The van der Waals surface area contributed by atoms with Crippen molar-refractivity contribution in [2.75, 3.05) is 13.2 Å². The molecule has 0 saturated carbocycles. The average molecular weight is 229 g/mol. The zero-order valence-corrected chi connectivity index (χ0v) is 8.87. The molecule has 0 aliphatic carbocycles. The summed E-state index contributed by atoms with van der Waals surface area (Å²) >= 11 is 0. The largest absolute Gasteiger partial charge is 0.486 e. The van der Waals surface area contributed by atoms with Crippen LogP contribution in [0, 0.1) is 0 Å². The number of hydrogen-bond donors (Lipinski definition) is 1. The Morgan fingerprint density at radius 2 is 2.00 bits per heavy atom. The minimum Gasteiger partial charge on any atom is -0.486 e. The van der Waals surface area contributed by atoms with Crippen LogP contribution in [0.5, 0.6) is 11.5 Å². The maximum Gasteiger partial charge on any atom is 0.260 e. The topological polar surface area (TPSA) is 44.5 Å². The number of hydrogen-bond acceptors (Lipinski definition) is 3. The van der Waals surface area contributed by atoms with Crippen LogP contribution in [0.15, 0.2) is 18.2 Å². The molecule has 0 aromatic heterocycles. The molecule has 0 saturated heterocycles. The van der Waals surface area contributed by atoms with E-state index in [-0.39, 0.29) is 5.56 Å². The second-order valence-electron chi connectivity index (χ2n) is 3.91. The maximum absolute atomic E-state index is 12.8. The summed E-state index contributed by atoms with van der Waals surface area (Å²) in [6, 6.07) is 4.86. The molecule has 1 heterocycles. The van der Waals surface area contributed by atoms with Gasteiger partial charge in [-0.15, -0.1) is 0 Å². The number of alkyl halides is 2. The highest BCUT2D eigenvalue weighted by Gasteiger charge is 2.36. The molecule has 1 unspecified atom stereocenters. The van der Waals surface area contributed by atoms with Gasteiger partial charge in [-0.1, -0.05) is 12.1 Å². The van der Waals surface area contributed by atoms with E-state index in [2.05, 4.69) is 0 Å². The van der Waals surface area contributed by atoms with Crippen LogP contribution in [-0.4, -0.2) is 19.6 Å². The van der Waals surface area contributed by atoms with E-state index < -0.39 is 12.0 Å². The van der Waals surface area contributed by atoms with Crippen LogP contribution in [0.25, 0.3) is 0 Å². The van der Waals surface area contributed by atoms with Gasteiger partial charge in [-0.05, 0) is 13.0 Å². The first-order chi connectivity index (χ1) is 7.53. The molecule has 2 N–H and O–H groups in total. The van der Waals surface area contributed by atoms with Crippen molar-refractivity contribution in [1.82, 2.24) is 0 Å². The van der Waals surface area contributed by atoms with E-state index in [1.165, 1.54) is 6.92 Å². The zero-order chi connectivity index (χ0) is 11.8. The van der Waals surface area contributed by atoms with E-state index >= 15 is 0 Å². The normalized spacial score (nSPS) is 18.3. The highest BCUT2D eigenvalue weighted by molar-refractivity contribution is 5.50. The summed E-state index contributed by atoms with van der Waals surface area (Å²) in [5.74, 6) is 0.806. The van der Waals surface area contributed by atoms with E-state index in [1.807, 2.05) is 0 Å². The Hall–Kier alpha value is -1.36. The van der Waals surface area contributed by atoms with Gasteiger partial charge in [-0.25, -0.2) is 8.78 Å². The van der Waals surface area contributed by atoms with Crippen molar-refractivity contribution in [2.45, 2.75) is 18.9 Å². The smallest absolute Gasteiger partial charge is 0.260 e. The Balaban J connectivity index is 2.49. The first-order valence-corrected chi connectivity index (χ1v) is 4.99. The van der Waals surface area contributed by atoms with E-state index in [4.69, 9.17) is 15.2 Å². The molecule has 16 heavy (non-hydrogen) atoms. The van der Waals surface area contributed by atoms with Crippen molar-refractivity contribution < 1.29 is 18.3 Å². The summed E-state index contributed by atoms with van der Waals surface area (Å²) in [6.45, 7) is 2.06. The number of ether oxygens (including phenoxy) is 2. The highest BCUT2D eigenvalue weighted by atomic mass is 19.3. The molecule has 1 aromatic carbocycles. The van der Waals surface area contributed by atoms with E-state index in [0.29, 0.717) is 24.7 Å². The molecule has 1 atom stereocenters. The van der Waals surface area contributed by atoms with Gasteiger partial charge in [-0.2, -0.15) is 0 Å². The Bertz CT molecular complexity index is 394. The van der Waals surface area contributed by atoms with E-state index in [0.717, 1.165) is 0 Å². The van der Waals surface area contributed by atoms with Gasteiger partial charge in [-0.3, -0.25) is 0 Å². The van der Waals surface area contributed by atoms with Crippen molar-refractivity contribution in [3.05, 3.63) is 23.8 Å². The number of fused-ring (bicyclic) bond motifs is 1. The Morgan fingerprint density at radius 1 is 1.31 bits per heavy atom. The van der Waals surface area contributed by atoms with Gasteiger partial charge in [0.2, 0.25) is 0 Å².